The van der Waals surface area contributed by atoms with Crippen molar-refractivity contribution in [2.45, 2.75) is 32.1 Å². The van der Waals surface area contributed by atoms with E-state index in [0.717, 1.165) is 31.7 Å². The quantitative estimate of drug-likeness (QED) is 0.848. The fourth-order valence-electron chi connectivity index (χ4n) is 2.37. The van der Waals surface area contributed by atoms with Gasteiger partial charge in [-0.15, -0.1) is 0 Å². The fraction of sp³-hybridized carbons (Fsp3) is 0.600. The third-order valence-electron chi connectivity index (χ3n) is 3.61. The SMILES string of the molecule is CC(C)(C)N1CCN(S(=O)Cc2ccccc2)CC1. The van der Waals surface area contributed by atoms with Crippen LogP contribution in [-0.4, -0.2) is 45.1 Å². The van der Waals surface area contributed by atoms with Gasteiger partial charge in [-0.2, -0.15) is 0 Å². The van der Waals surface area contributed by atoms with Crippen LogP contribution in [0.4, 0.5) is 0 Å². The van der Waals surface area contributed by atoms with E-state index in [1.807, 2.05) is 30.3 Å². The van der Waals surface area contributed by atoms with Gasteiger partial charge >= 0.3 is 0 Å². The molecule has 2 rings (SSSR count). The van der Waals surface area contributed by atoms with Gasteiger partial charge in [-0.05, 0) is 26.3 Å². The van der Waals surface area contributed by atoms with Crippen LogP contribution in [0.2, 0.25) is 0 Å². The van der Waals surface area contributed by atoms with Crippen LogP contribution in [0.5, 0.6) is 0 Å². The Labute approximate surface area is 119 Å². The van der Waals surface area contributed by atoms with Crippen LogP contribution < -0.4 is 0 Å². The van der Waals surface area contributed by atoms with E-state index in [2.05, 4.69) is 30.0 Å². The van der Waals surface area contributed by atoms with Gasteiger partial charge in [0.05, 0.1) is 16.7 Å². The number of hydrogen-bond acceptors (Lipinski definition) is 2. The Kier molecular flexibility index (Phi) is 4.76. The Morgan fingerprint density at radius 3 is 2.16 bits per heavy atom. The molecule has 0 aromatic heterocycles. The Morgan fingerprint density at radius 2 is 1.63 bits per heavy atom. The first-order valence-corrected chi connectivity index (χ1v) is 8.17. The van der Waals surface area contributed by atoms with Crippen molar-refractivity contribution in [2.75, 3.05) is 26.2 Å². The van der Waals surface area contributed by atoms with Crippen molar-refractivity contribution in [2.24, 2.45) is 0 Å². The molecule has 19 heavy (non-hydrogen) atoms. The molecule has 1 saturated heterocycles. The molecule has 1 aliphatic rings. The zero-order valence-electron chi connectivity index (χ0n) is 12.1. The summed E-state index contributed by atoms with van der Waals surface area (Å²) < 4.78 is 14.4. The van der Waals surface area contributed by atoms with Gasteiger partial charge in [0.1, 0.15) is 0 Å². The van der Waals surface area contributed by atoms with E-state index in [-0.39, 0.29) is 5.54 Å². The first-order chi connectivity index (χ1) is 8.97. The lowest BCUT2D eigenvalue weighted by Crippen LogP contribution is -2.53. The minimum Gasteiger partial charge on any atom is -0.296 e. The first kappa shape index (κ1) is 14.7. The topological polar surface area (TPSA) is 23.6 Å². The second-order valence-corrected chi connectivity index (χ2v) is 7.49. The van der Waals surface area contributed by atoms with Crippen molar-refractivity contribution in [1.29, 1.82) is 0 Å². The van der Waals surface area contributed by atoms with Crippen molar-refractivity contribution in [3.05, 3.63) is 35.9 Å². The summed E-state index contributed by atoms with van der Waals surface area (Å²) in [4.78, 5) is 2.46. The lowest BCUT2D eigenvalue weighted by Gasteiger charge is -2.41. The van der Waals surface area contributed by atoms with Crippen molar-refractivity contribution in [3.8, 4) is 0 Å². The molecule has 1 unspecified atom stereocenters. The van der Waals surface area contributed by atoms with Crippen LogP contribution >= 0.6 is 0 Å². The van der Waals surface area contributed by atoms with Gasteiger partial charge in [0, 0.05) is 31.7 Å². The second kappa shape index (κ2) is 6.16. The summed E-state index contributed by atoms with van der Waals surface area (Å²) in [5.41, 5.74) is 1.37. The maximum atomic E-state index is 12.3. The van der Waals surface area contributed by atoms with E-state index in [1.54, 1.807) is 0 Å². The highest BCUT2D eigenvalue weighted by Crippen LogP contribution is 2.17. The molecular formula is C15H24N2OS. The van der Waals surface area contributed by atoms with E-state index in [4.69, 9.17) is 0 Å². The van der Waals surface area contributed by atoms with Crippen molar-refractivity contribution >= 4 is 11.0 Å². The summed E-state index contributed by atoms with van der Waals surface area (Å²) >= 11 is 0. The summed E-state index contributed by atoms with van der Waals surface area (Å²) in [6, 6.07) is 10.1. The van der Waals surface area contributed by atoms with Crippen molar-refractivity contribution in [1.82, 2.24) is 9.21 Å². The van der Waals surface area contributed by atoms with E-state index in [9.17, 15) is 4.21 Å². The van der Waals surface area contributed by atoms with Gasteiger partial charge in [-0.25, -0.2) is 8.51 Å². The Balaban J connectivity index is 1.86. The number of rotatable bonds is 3. The Hall–Kier alpha value is -0.710. The minimum atomic E-state index is -0.892. The van der Waals surface area contributed by atoms with Crippen LogP contribution in [0, 0.1) is 0 Å². The summed E-state index contributed by atoms with van der Waals surface area (Å²) in [6.45, 7) is 10.5. The molecule has 0 aliphatic carbocycles. The third-order valence-corrected chi connectivity index (χ3v) is 5.13. The molecule has 0 radical (unpaired) electrons. The van der Waals surface area contributed by atoms with E-state index in [1.165, 1.54) is 0 Å². The Morgan fingerprint density at radius 1 is 1.05 bits per heavy atom. The molecule has 0 amide bonds. The van der Waals surface area contributed by atoms with Crippen LogP contribution in [-0.2, 0) is 16.7 Å². The summed E-state index contributed by atoms with van der Waals surface area (Å²) in [5.74, 6) is 0.635. The molecule has 106 valence electrons. The monoisotopic (exact) mass is 280 g/mol. The van der Waals surface area contributed by atoms with Gasteiger partial charge < -0.3 is 0 Å². The molecule has 1 aromatic carbocycles. The number of hydrogen-bond donors (Lipinski definition) is 0. The molecule has 1 fully saturated rings. The third kappa shape index (κ3) is 4.13. The predicted octanol–water partition coefficient (Wildman–Crippen LogP) is 2.27. The van der Waals surface area contributed by atoms with Crippen LogP contribution in [0.1, 0.15) is 26.3 Å². The Bertz CT molecular complexity index is 420. The van der Waals surface area contributed by atoms with Gasteiger partial charge in [0.2, 0.25) is 0 Å². The fourth-order valence-corrected chi connectivity index (χ4v) is 3.60. The molecule has 0 N–H and O–H groups in total. The number of piperazine rings is 1. The van der Waals surface area contributed by atoms with Crippen LogP contribution in [0.25, 0.3) is 0 Å². The van der Waals surface area contributed by atoms with Crippen LogP contribution in [0.3, 0.4) is 0 Å². The molecule has 4 heteroatoms. The van der Waals surface area contributed by atoms with E-state index < -0.39 is 11.0 Å². The smallest absolute Gasteiger partial charge is 0.0988 e. The van der Waals surface area contributed by atoms with Crippen molar-refractivity contribution < 1.29 is 4.21 Å². The van der Waals surface area contributed by atoms with Gasteiger partial charge in [0.15, 0.2) is 0 Å². The molecule has 1 aliphatic heterocycles. The highest BCUT2D eigenvalue weighted by Gasteiger charge is 2.27. The average molecular weight is 280 g/mol. The molecule has 1 aromatic rings. The minimum absolute atomic E-state index is 0.215. The maximum absolute atomic E-state index is 12.3. The zero-order chi connectivity index (χ0) is 13.9. The molecule has 0 spiro atoms. The molecule has 1 atom stereocenters. The van der Waals surface area contributed by atoms with E-state index >= 15 is 0 Å². The molecular weight excluding hydrogens is 256 g/mol. The standard InChI is InChI=1S/C15H24N2OS/c1-15(2,3)16-9-11-17(12-10-16)19(18)13-14-7-5-4-6-8-14/h4-8H,9-13H2,1-3H3. The molecule has 0 bridgehead atoms. The van der Waals surface area contributed by atoms with Crippen LogP contribution in [0.15, 0.2) is 30.3 Å². The highest BCUT2D eigenvalue weighted by atomic mass is 32.2. The van der Waals surface area contributed by atoms with Gasteiger partial charge in [-0.1, -0.05) is 30.3 Å². The summed E-state index contributed by atoms with van der Waals surface area (Å²) in [7, 11) is -0.892. The first-order valence-electron chi connectivity index (χ1n) is 6.89. The predicted molar refractivity (Wildman–Crippen MR) is 81.2 cm³/mol. The largest absolute Gasteiger partial charge is 0.296 e. The average Bonchev–Trinajstić information content (AvgIpc) is 2.39. The van der Waals surface area contributed by atoms with Gasteiger partial charge in [-0.3, -0.25) is 4.90 Å². The summed E-state index contributed by atoms with van der Waals surface area (Å²) in [6.07, 6.45) is 0. The molecule has 3 nitrogen and oxygen atoms in total. The maximum Gasteiger partial charge on any atom is 0.0988 e. The van der Waals surface area contributed by atoms with Crippen molar-refractivity contribution in [3.63, 3.8) is 0 Å². The van der Waals surface area contributed by atoms with E-state index in [0.29, 0.717) is 5.75 Å². The number of benzene rings is 1. The lowest BCUT2D eigenvalue weighted by atomic mass is 10.1. The highest BCUT2D eigenvalue weighted by molar-refractivity contribution is 7.81. The molecule has 1 heterocycles. The lowest BCUT2D eigenvalue weighted by molar-refractivity contribution is 0.0939. The number of nitrogens with zero attached hydrogens (tertiary/aromatic N) is 2. The zero-order valence-corrected chi connectivity index (χ0v) is 12.9. The molecule has 0 saturated carbocycles. The van der Waals surface area contributed by atoms with Gasteiger partial charge in [0.25, 0.3) is 0 Å². The summed E-state index contributed by atoms with van der Waals surface area (Å²) in [5, 5.41) is 0. The second-order valence-electron chi connectivity index (χ2n) is 6.04. The normalized spacial score (nSPS) is 20.4.